The van der Waals surface area contributed by atoms with Crippen LogP contribution in [-0.2, 0) is 6.42 Å². The van der Waals surface area contributed by atoms with Crippen molar-refractivity contribution >= 4 is 33.1 Å². The first-order valence-electron chi connectivity index (χ1n) is 8.50. The van der Waals surface area contributed by atoms with E-state index in [1.807, 2.05) is 73.7 Å². The number of aryl methyl sites for hydroxylation is 1. The molecule has 1 N–H and O–H groups in total. The molecule has 128 valence electrons. The van der Waals surface area contributed by atoms with Gasteiger partial charge in [0.05, 0.1) is 15.2 Å². The first kappa shape index (κ1) is 16.5. The number of hydrogen-bond donors (Lipinski definition) is 1. The third-order valence-corrected chi connectivity index (χ3v) is 5.37. The molecule has 0 aliphatic rings. The van der Waals surface area contributed by atoms with E-state index in [0.717, 1.165) is 27.3 Å². The molecule has 3 aromatic carbocycles. The number of rotatable bonds is 4. The summed E-state index contributed by atoms with van der Waals surface area (Å²) in [6.45, 7) is 1.99. The van der Waals surface area contributed by atoms with E-state index >= 15 is 0 Å². The van der Waals surface area contributed by atoms with E-state index in [1.54, 1.807) is 11.3 Å². The number of thiazole rings is 1. The number of nitrogens with one attached hydrogen (secondary N) is 1. The fraction of sp³-hybridized carbons (Fsp3) is 0.0909. The minimum Gasteiger partial charge on any atom is -0.322 e. The highest BCUT2D eigenvalue weighted by atomic mass is 32.1. The molecule has 0 fully saturated rings. The average Bonchev–Trinajstić information content (AvgIpc) is 3.06. The maximum atomic E-state index is 12.8. The smallest absolute Gasteiger partial charge is 0.255 e. The van der Waals surface area contributed by atoms with Crippen LogP contribution in [0, 0.1) is 6.92 Å². The molecule has 3 nitrogen and oxygen atoms in total. The van der Waals surface area contributed by atoms with Crippen LogP contribution in [0.1, 0.15) is 26.5 Å². The SMILES string of the molecule is Cc1ccccc1NC(=O)c1ccccc1Cc1nc2ccccc2s1. The second kappa shape index (κ2) is 7.10. The molecule has 26 heavy (non-hydrogen) atoms. The minimum absolute atomic E-state index is 0.0870. The highest BCUT2D eigenvalue weighted by Gasteiger charge is 2.14. The lowest BCUT2D eigenvalue weighted by molar-refractivity contribution is 0.102. The van der Waals surface area contributed by atoms with Crippen LogP contribution >= 0.6 is 11.3 Å². The van der Waals surface area contributed by atoms with Gasteiger partial charge >= 0.3 is 0 Å². The Morgan fingerprint density at radius 2 is 1.69 bits per heavy atom. The Kier molecular flexibility index (Phi) is 4.50. The van der Waals surface area contributed by atoms with Crippen LogP contribution in [-0.4, -0.2) is 10.9 Å². The van der Waals surface area contributed by atoms with Crippen molar-refractivity contribution in [1.29, 1.82) is 0 Å². The number of benzene rings is 3. The van der Waals surface area contributed by atoms with Crippen LogP contribution in [0.25, 0.3) is 10.2 Å². The Bertz CT molecular complexity index is 1050. The highest BCUT2D eigenvalue weighted by molar-refractivity contribution is 7.18. The molecule has 0 aliphatic heterocycles. The van der Waals surface area contributed by atoms with Gasteiger partial charge in [0.1, 0.15) is 0 Å². The van der Waals surface area contributed by atoms with Gasteiger partial charge in [0, 0.05) is 17.7 Å². The first-order chi connectivity index (χ1) is 12.7. The van der Waals surface area contributed by atoms with Gasteiger partial charge in [-0.05, 0) is 42.3 Å². The van der Waals surface area contributed by atoms with Crippen molar-refractivity contribution in [1.82, 2.24) is 4.98 Å². The van der Waals surface area contributed by atoms with Gasteiger partial charge in [-0.3, -0.25) is 4.79 Å². The topological polar surface area (TPSA) is 42.0 Å². The summed E-state index contributed by atoms with van der Waals surface area (Å²) in [6.07, 6.45) is 0.650. The number of hydrogen-bond acceptors (Lipinski definition) is 3. The van der Waals surface area contributed by atoms with E-state index in [2.05, 4.69) is 11.4 Å². The molecule has 0 unspecified atom stereocenters. The van der Waals surface area contributed by atoms with E-state index in [9.17, 15) is 4.79 Å². The quantitative estimate of drug-likeness (QED) is 0.527. The third-order valence-electron chi connectivity index (χ3n) is 4.34. The summed E-state index contributed by atoms with van der Waals surface area (Å²) in [5.74, 6) is -0.0870. The van der Waals surface area contributed by atoms with E-state index in [1.165, 1.54) is 4.70 Å². The van der Waals surface area contributed by atoms with Crippen LogP contribution in [0.15, 0.2) is 72.8 Å². The molecule has 0 bridgehead atoms. The molecule has 0 saturated carbocycles. The molecule has 0 spiro atoms. The van der Waals surface area contributed by atoms with Crippen LogP contribution in [0.2, 0.25) is 0 Å². The molecule has 0 saturated heterocycles. The average molecular weight is 358 g/mol. The standard InChI is InChI=1S/C22H18N2OS/c1-15-8-2-5-11-18(15)24-22(25)17-10-4-3-9-16(17)14-21-23-19-12-6-7-13-20(19)26-21/h2-13H,14H2,1H3,(H,24,25). The molecule has 1 aromatic heterocycles. The summed E-state index contributed by atoms with van der Waals surface area (Å²) in [7, 11) is 0. The van der Waals surface area contributed by atoms with Crippen molar-refractivity contribution in [3.63, 3.8) is 0 Å². The van der Waals surface area contributed by atoms with E-state index in [0.29, 0.717) is 12.0 Å². The molecule has 0 atom stereocenters. The predicted octanol–water partition coefficient (Wildman–Crippen LogP) is 5.45. The number of carbonyl (C=O) groups excluding carboxylic acids is 1. The van der Waals surface area contributed by atoms with Gasteiger partial charge in [-0.15, -0.1) is 11.3 Å². The van der Waals surface area contributed by atoms with Gasteiger partial charge in [-0.2, -0.15) is 0 Å². The van der Waals surface area contributed by atoms with Gasteiger partial charge in [-0.1, -0.05) is 48.5 Å². The second-order valence-corrected chi connectivity index (χ2v) is 7.29. The Morgan fingerprint density at radius 1 is 0.962 bits per heavy atom. The number of amides is 1. The van der Waals surface area contributed by atoms with Crippen molar-refractivity contribution < 1.29 is 4.79 Å². The number of aromatic nitrogens is 1. The molecule has 0 radical (unpaired) electrons. The van der Waals surface area contributed by atoms with Gasteiger partial charge in [0.15, 0.2) is 0 Å². The zero-order valence-electron chi connectivity index (χ0n) is 14.4. The molecule has 4 aromatic rings. The monoisotopic (exact) mass is 358 g/mol. The minimum atomic E-state index is -0.0870. The molecule has 1 amide bonds. The maximum absolute atomic E-state index is 12.8. The third kappa shape index (κ3) is 3.37. The van der Waals surface area contributed by atoms with Gasteiger partial charge in [0.25, 0.3) is 5.91 Å². The number of anilines is 1. The molecule has 0 aliphatic carbocycles. The van der Waals surface area contributed by atoms with E-state index in [4.69, 9.17) is 4.98 Å². The molecule has 4 rings (SSSR count). The zero-order chi connectivity index (χ0) is 17.9. The first-order valence-corrected chi connectivity index (χ1v) is 9.32. The lowest BCUT2D eigenvalue weighted by Crippen LogP contribution is -2.15. The molecule has 1 heterocycles. The Hall–Kier alpha value is -2.98. The Labute approximate surface area is 156 Å². The summed E-state index contributed by atoms with van der Waals surface area (Å²) in [5.41, 5.74) is 4.57. The molecular weight excluding hydrogens is 340 g/mol. The number of nitrogens with zero attached hydrogens (tertiary/aromatic N) is 1. The Morgan fingerprint density at radius 3 is 2.54 bits per heavy atom. The van der Waals surface area contributed by atoms with Crippen LogP contribution in [0.4, 0.5) is 5.69 Å². The maximum Gasteiger partial charge on any atom is 0.255 e. The van der Waals surface area contributed by atoms with Gasteiger partial charge in [0.2, 0.25) is 0 Å². The fourth-order valence-electron chi connectivity index (χ4n) is 2.96. The predicted molar refractivity (Wildman–Crippen MR) is 108 cm³/mol. The summed E-state index contributed by atoms with van der Waals surface area (Å²) in [4.78, 5) is 17.5. The normalized spacial score (nSPS) is 10.8. The van der Waals surface area contributed by atoms with Crippen molar-refractivity contribution in [3.8, 4) is 0 Å². The number of carbonyl (C=O) groups is 1. The van der Waals surface area contributed by atoms with Crippen molar-refractivity contribution in [2.75, 3.05) is 5.32 Å². The summed E-state index contributed by atoms with van der Waals surface area (Å²) in [5, 5.41) is 4.04. The molecular formula is C22H18N2OS. The largest absolute Gasteiger partial charge is 0.322 e. The van der Waals surface area contributed by atoms with E-state index < -0.39 is 0 Å². The number of fused-ring (bicyclic) bond motifs is 1. The summed E-state index contributed by atoms with van der Waals surface area (Å²) >= 11 is 1.68. The lowest BCUT2D eigenvalue weighted by atomic mass is 10.0. The van der Waals surface area contributed by atoms with Gasteiger partial charge < -0.3 is 5.32 Å². The number of para-hydroxylation sites is 2. The highest BCUT2D eigenvalue weighted by Crippen LogP contribution is 2.25. The molecule has 4 heteroatoms. The summed E-state index contributed by atoms with van der Waals surface area (Å²) in [6, 6.07) is 23.6. The van der Waals surface area contributed by atoms with Crippen molar-refractivity contribution in [2.45, 2.75) is 13.3 Å². The van der Waals surface area contributed by atoms with Crippen molar-refractivity contribution in [2.24, 2.45) is 0 Å². The van der Waals surface area contributed by atoms with Crippen molar-refractivity contribution in [3.05, 3.63) is 94.5 Å². The van der Waals surface area contributed by atoms with Crippen LogP contribution in [0.3, 0.4) is 0 Å². The zero-order valence-corrected chi connectivity index (χ0v) is 15.2. The fourth-order valence-corrected chi connectivity index (χ4v) is 3.95. The van der Waals surface area contributed by atoms with Gasteiger partial charge in [-0.25, -0.2) is 4.98 Å². The summed E-state index contributed by atoms with van der Waals surface area (Å²) < 4.78 is 1.17. The van der Waals surface area contributed by atoms with Crippen LogP contribution in [0.5, 0.6) is 0 Å². The Balaban J connectivity index is 1.62. The lowest BCUT2D eigenvalue weighted by Gasteiger charge is -2.11. The van der Waals surface area contributed by atoms with E-state index in [-0.39, 0.29) is 5.91 Å². The second-order valence-electron chi connectivity index (χ2n) is 6.18. The van der Waals surface area contributed by atoms with Crippen LogP contribution < -0.4 is 5.32 Å².